The second-order valence-corrected chi connectivity index (χ2v) is 8.87. The van der Waals surface area contributed by atoms with Gasteiger partial charge in [-0.3, -0.25) is 9.52 Å². The Kier molecular flexibility index (Phi) is 4.58. The molecule has 2 aliphatic carbocycles. The first-order valence-electron chi connectivity index (χ1n) is 9.16. The van der Waals surface area contributed by atoms with Gasteiger partial charge in [0.15, 0.2) is 0 Å². The molecule has 0 spiro atoms. The summed E-state index contributed by atoms with van der Waals surface area (Å²) in [6.45, 7) is 0. The summed E-state index contributed by atoms with van der Waals surface area (Å²) in [5.74, 6) is -1.18. The molecule has 0 atom stereocenters. The number of carboxylic acid groups (broad SMARTS) is 1. The van der Waals surface area contributed by atoms with E-state index in [1.807, 2.05) is 0 Å². The third-order valence-corrected chi connectivity index (χ3v) is 6.49. The standard InChI is InChI=1S/C20H20N2O5S/c23-19(12-7-8-12)21-15-4-2-5-16(11-15)22-28(26,27)18-10-14(20(24)25)9-13-3-1-6-17(13)18/h2,4-5,9-12,22H,1,3,6-8H2,(H,21,23)(H,24,25). The van der Waals surface area contributed by atoms with E-state index in [0.717, 1.165) is 24.8 Å². The van der Waals surface area contributed by atoms with Gasteiger partial charge in [0, 0.05) is 11.6 Å². The largest absolute Gasteiger partial charge is 0.478 e. The van der Waals surface area contributed by atoms with Crippen LogP contribution in [0, 0.1) is 5.92 Å². The Bertz CT molecular complexity index is 1070. The number of rotatable bonds is 6. The number of sulfonamides is 1. The molecule has 0 bridgehead atoms. The van der Waals surface area contributed by atoms with Gasteiger partial charge in [0.05, 0.1) is 16.1 Å². The second kappa shape index (κ2) is 6.94. The molecule has 0 heterocycles. The third-order valence-electron chi connectivity index (χ3n) is 5.04. The number of aryl methyl sites for hydroxylation is 1. The maximum atomic E-state index is 13.0. The number of fused-ring (bicyclic) bond motifs is 1. The van der Waals surface area contributed by atoms with Crippen LogP contribution >= 0.6 is 0 Å². The van der Waals surface area contributed by atoms with E-state index >= 15 is 0 Å². The Hall–Kier alpha value is -2.87. The van der Waals surface area contributed by atoms with E-state index in [1.165, 1.54) is 6.07 Å². The van der Waals surface area contributed by atoms with E-state index in [0.29, 0.717) is 29.8 Å². The highest BCUT2D eigenvalue weighted by Gasteiger charge is 2.30. The lowest BCUT2D eigenvalue weighted by Crippen LogP contribution is -2.17. The van der Waals surface area contributed by atoms with Crippen LogP contribution in [0.5, 0.6) is 0 Å². The van der Waals surface area contributed by atoms with Gasteiger partial charge >= 0.3 is 5.97 Å². The number of hydrogen-bond donors (Lipinski definition) is 3. The van der Waals surface area contributed by atoms with Crippen molar-refractivity contribution < 1.29 is 23.1 Å². The SMILES string of the molecule is O=C(O)c1cc2c(c(S(=O)(=O)Nc3cccc(NC(=O)C4CC4)c3)c1)CCC2. The van der Waals surface area contributed by atoms with Gasteiger partial charge in [-0.25, -0.2) is 13.2 Å². The maximum absolute atomic E-state index is 13.0. The molecule has 4 rings (SSSR count). The molecule has 28 heavy (non-hydrogen) atoms. The molecule has 2 aromatic rings. The zero-order valence-electron chi connectivity index (χ0n) is 15.1. The van der Waals surface area contributed by atoms with E-state index in [9.17, 15) is 23.1 Å². The van der Waals surface area contributed by atoms with Crippen LogP contribution in [0.25, 0.3) is 0 Å². The van der Waals surface area contributed by atoms with Crippen molar-refractivity contribution in [2.75, 3.05) is 10.0 Å². The van der Waals surface area contributed by atoms with E-state index in [-0.39, 0.29) is 22.3 Å². The van der Waals surface area contributed by atoms with Crippen LogP contribution in [0.3, 0.4) is 0 Å². The van der Waals surface area contributed by atoms with E-state index in [4.69, 9.17) is 0 Å². The number of anilines is 2. The second-order valence-electron chi connectivity index (χ2n) is 7.22. The van der Waals surface area contributed by atoms with Crippen LogP contribution in [0.4, 0.5) is 11.4 Å². The molecule has 3 N–H and O–H groups in total. The molecule has 7 nitrogen and oxygen atoms in total. The quantitative estimate of drug-likeness (QED) is 0.690. The fourth-order valence-electron chi connectivity index (χ4n) is 3.49. The fraction of sp³-hybridized carbons (Fsp3) is 0.300. The number of carbonyl (C=O) groups excluding carboxylic acids is 1. The van der Waals surface area contributed by atoms with Crippen LogP contribution < -0.4 is 10.0 Å². The zero-order valence-corrected chi connectivity index (χ0v) is 15.9. The van der Waals surface area contributed by atoms with Crippen molar-refractivity contribution in [1.29, 1.82) is 0 Å². The minimum absolute atomic E-state index is 0.00678. The first-order valence-corrected chi connectivity index (χ1v) is 10.6. The number of amides is 1. The highest BCUT2D eigenvalue weighted by atomic mass is 32.2. The summed E-state index contributed by atoms with van der Waals surface area (Å²) in [7, 11) is -3.97. The molecule has 0 aliphatic heterocycles. The minimum atomic E-state index is -3.97. The molecule has 0 unspecified atom stereocenters. The third kappa shape index (κ3) is 3.73. The fourth-order valence-corrected chi connectivity index (χ4v) is 4.88. The molecule has 8 heteroatoms. The van der Waals surface area contributed by atoms with Gasteiger partial charge in [-0.2, -0.15) is 0 Å². The molecule has 0 saturated heterocycles. The topological polar surface area (TPSA) is 113 Å². The summed E-state index contributed by atoms with van der Waals surface area (Å²) in [6.07, 6.45) is 3.82. The van der Waals surface area contributed by atoms with Gasteiger partial charge < -0.3 is 10.4 Å². The van der Waals surface area contributed by atoms with Crippen molar-refractivity contribution in [3.8, 4) is 0 Å². The lowest BCUT2D eigenvalue weighted by atomic mass is 10.1. The lowest BCUT2D eigenvalue weighted by Gasteiger charge is -2.14. The van der Waals surface area contributed by atoms with Gasteiger partial charge in [-0.15, -0.1) is 0 Å². The Morgan fingerprint density at radius 3 is 2.50 bits per heavy atom. The monoisotopic (exact) mass is 400 g/mol. The molecule has 0 aromatic heterocycles. The van der Waals surface area contributed by atoms with Crippen molar-refractivity contribution in [3.63, 3.8) is 0 Å². The van der Waals surface area contributed by atoms with Crippen molar-refractivity contribution in [1.82, 2.24) is 0 Å². The van der Waals surface area contributed by atoms with Crippen LogP contribution in [0.15, 0.2) is 41.3 Å². The number of carbonyl (C=O) groups is 2. The van der Waals surface area contributed by atoms with Crippen molar-refractivity contribution in [2.45, 2.75) is 37.0 Å². The maximum Gasteiger partial charge on any atom is 0.335 e. The number of aromatic carboxylic acids is 1. The minimum Gasteiger partial charge on any atom is -0.478 e. The van der Waals surface area contributed by atoms with E-state index in [2.05, 4.69) is 10.0 Å². The van der Waals surface area contributed by atoms with E-state index < -0.39 is 16.0 Å². The zero-order chi connectivity index (χ0) is 19.9. The summed E-state index contributed by atoms with van der Waals surface area (Å²) in [6, 6.07) is 9.26. The lowest BCUT2D eigenvalue weighted by molar-refractivity contribution is -0.117. The number of benzene rings is 2. The molecular weight excluding hydrogens is 380 g/mol. The molecule has 1 amide bonds. The molecule has 1 fully saturated rings. The summed E-state index contributed by atoms with van der Waals surface area (Å²) in [5, 5.41) is 12.1. The van der Waals surface area contributed by atoms with Crippen LogP contribution in [-0.2, 0) is 27.7 Å². The van der Waals surface area contributed by atoms with Gasteiger partial charge in [0.2, 0.25) is 5.91 Å². The predicted molar refractivity (Wildman–Crippen MR) is 104 cm³/mol. The Balaban J connectivity index is 1.63. The molecule has 0 radical (unpaired) electrons. The van der Waals surface area contributed by atoms with Crippen LogP contribution in [0.2, 0.25) is 0 Å². The first kappa shape index (κ1) is 18.5. The Morgan fingerprint density at radius 1 is 1.04 bits per heavy atom. The first-order chi connectivity index (χ1) is 13.3. The Morgan fingerprint density at radius 2 is 1.79 bits per heavy atom. The molecule has 146 valence electrons. The average Bonchev–Trinajstić information content (AvgIpc) is 3.38. The van der Waals surface area contributed by atoms with E-state index in [1.54, 1.807) is 30.3 Å². The molecular formula is C20H20N2O5S. The number of hydrogen-bond acceptors (Lipinski definition) is 4. The number of carboxylic acids is 1. The molecule has 1 saturated carbocycles. The van der Waals surface area contributed by atoms with Gasteiger partial charge in [0.1, 0.15) is 0 Å². The summed E-state index contributed by atoms with van der Waals surface area (Å²) < 4.78 is 28.5. The van der Waals surface area contributed by atoms with Crippen molar-refractivity contribution >= 4 is 33.3 Å². The summed E-state index contributed by atoms with van der Waals surface area (Å²) in [5.41, 5.74) is 2.23. The predicted octanol–water partition coefficient (Wildman–Crippen LogP) is 3.02. The van der Waals surface area contributed by atoms with Crippen LogP contribution in [-0.4, -0.2) is 25.4 Å². The average molecular weight is 400 g/mol. The summed E-state index contributed by atoms with van der Waals surface area (Å²) >= 11 is 0. The van der Waals surface area contributed by atoms with Crippen LogP contribution in [0.1, 0.15) is 40.7 Å². The van der Waals surface area contributed by atoms with Gasteiger partial charge in [-0.1, -0.05) is 6.07 Å². The molecule has 2 aliphatic rings. The highest BCUT2D eigenvalue weighted by molar-refractivity contribution is 7.92. The van der Waals surface area contributed by atoms with Gasteiger partial charge in [-0.05, 0) is 73.6 Å². The number of nitrogens with one attached hydrogen (secondary N) is 2. The van der Waals surface area contributed by atoms with Crippen molar-refractivity contribution in [3.05, 3.63) is 53.1 Å². The van der Waals surface area contributed by atoms with Gasteiger partial charge in [0.25, 0.3) is 10.0 Å². The Labute approximate surface area is 162 Å². The normalized spacial score (nSPS) is 15.7. The smallest absolute Gasteiger partial charge is 0.335 e. The van der Waals surface area contributed by atoms with Crippen molar-refractivity contribution in [2.24, 2.45) is 5.92 Å². The highest BCUT2D eigenvalue weighted by Crippen LogP contribution is 2.32. The summed E-state index contributed by atoms with van der Waals surface area (Å²) in [4.78, 5) is 23.3. The molecule has 2 aromatic carbocycles.